The van der Waals surface area contributed by atoms with E-state index in [2.05, 4.69) is 42.6 Å². The van der Waals surface area contributed by atoms with Gasteiger partial charge in [-0.15, -0.1) is 0 Å². The van der Waals surface area contributed by atoms with E-state index in [0.29, 0.717) is 5.76 Å². The van der Waals surface area contributed by atoms with Crippen molar-refractivity contribution in [2.45, 2.75) is 19.9 Å². The number of benzene rings is 2. The van der Waals surface area contributed by atoms with E-state index in [1.807, 2.05) is 18.2 Å². The standard InChI is InChI=1S/C18H17NO2/c1-12-10-15(11-18(20)21-12)19-13(2)16-9-5-7-14-6-3-4-8-17(14)16/h3-11,13,19H,1-2H3/t13-/m0/s1. The first-order valence-corrected chi connectivity index (χ1v) is 6.99. The number of anilines is 1. The lowest BCUT2D eigenvalue weighted by atomic mass is 9.99. The predicted molar refractivity (Wildman–Crippen MR) is 85.7 cm³/mol. The molecule has 21 heavy (non-hydrogen) atoms. The van der Waals surface area contributed by atoms with Gasteiger partial charge in [-0.05, 0) is 36.2 Å². The average Bonchev–Trinajstić information content (AvgIpc) is 2.45. The van der Waals surface area contributed by atoms with Crippen LogP contribution in [0.15, 0.2) is 63.8 Å². The summed E-state index contributed by atoms with van der Waals surface area (Å²) < 4.78 is 4.98. The molecule has 0 fully saturated rings. The minimum absolute atomic E-state index is 0.0947. The highest BCUT2D eigenvalue weighted by Gasteiger charge is 2.09. The molecular formula is C18H17NO2. The summed E-state index contributed by atoms with van der Waals surface area (Å²) in [5.74, 6) is 0.607. The van der Waals surface area contributed by atoms with E-state index in [1.54, 1.807) is 6.92 Å². The fraction of sp³-hybridized carbons (Fsp3) is 0.167. The second kappa shape index (κ2) is 5.44. The van der Waals surface area contributed by atoms with Crippen LogP contribution in [0.4, 0.5) is 5.69 Å². The van der Waals surface area contributed by atoms with Crippen LogP contribution in [0.5, 0.6) is 0 Å². The Morgan fingerprint density at radius 1 is 1.05 bits per heavy atom. The van der Waals surface area contributed by atoms with E-state index < -0.39 is 0 Å². The maximum atomic E-state index is 11.4. The van der Waals surface area contributed by atoms with Crippen LogP contribution >= 0.6 is 0 Å². The van der Waals surface area contributed by atoms with Crippen molar-refractivity contribution < 1.29 is 4.42 Å². The minimum atomic E-state index is -0.331. The molecule has 106 valence electrons. The third-order valence-corrected chi connectivity index (χ3v) is 3.57. The maximum absolute atomic E-state index is 11.4. The van der Waals surface area contributed by atoms with Gasteiger partial charge in [0.15, 0.2) is 0 Å². The zero-order valence-electron chi connectivity index (χ0n) is 12.1. The zero-order valence-corrected chi connectivity index (χ0v) is 12.1. The molecule has 3 nitrogen and oxygen atoms in total. The Labute approximate surface area is 123 Å². The summed E-state index contributed by atoms with van der Waals surface area (Å²) in [5.41, 5.74) is 1.66. The SMILES string of the molecule is Cc1cc(N[C@@H](C)c2cccc3ccccc23)cc(=O)o1. The predicted octanol–water partition coefficient (Wildman–Crippen LogP) is 4.27. The van der Waals surface area contributed by atoms with E-state index in [0.717, 1.165) is 5.69 Å². The van der Waals surface area contributed by atoms with Crippen LogP contribution in [0, 0.1) is 6.92 Å². The largest absolute Gasteiger partial charge is 0.428 e. The van der Waals surface area contributed by atoms with Crippen LogP contribution in [0.1, 0.15) is 24.3 Å². The summed E-state index contributed by atoms with van der Waals surface area (Å²) in [6.45, 7) is 3.86. The maximum Gasteiger partial charge on any atom is 0.337 e. The Kier molecular flexibility index (Phi) is 3.48. The quantitative estimate of drug-likeness (QED) is 0.778. The van der Waals surface area contributed by atoms with Gasteiger partial charge in [-0.25, -0.2) is 4.79 Å². The van der Waals surface area contributed by atoms with Crippen LogP contribution in [-0.2, 0) is 0 Å². The summed E-state index contributed by atoms with van der Waals surface area (Å²) in [6.07, 6.45) is 0. The Hall–Kier alpha value is -2.55. The van der Waals surface area contributed by atoms with Crippen molar-refractivity contribution in [1.82, 2.24) is 0 Å². The van der Waals surface area contributed by atoms with Crippen molar-refractivity contribution in [1.29, 1.82) is 0 Å². The molecule has 3 aromatic rings. The second-order valence-corrected chi connectivity index (χ2v) is 5.21. The van der Waals surface area contributed by atoms with Gasteiger partial charge >= 0.3 is 5.63 Å². The first-order chi connectivity index (χ1) is 10.1. The topological polar surface area (TPSA) is 42.2 Å². The Balaban J connectivity index is 1.97. The van der Waals surface area contributed by atoms with E-state index >= 15 is 0 Å². The number of nitrogens with one attached hydrogen (secondary N) is 1. The first-order valence-electron chi connectivity index (χ1n) is 6.99. The molecule has 0 saturated heterocycles. The van der Waals surface area contributed by atoms with Gasteiger partial charge in [0.2, 0.25) is 0 Å². The van der Waals surface area contributed by atoms with Gasteiger partial charge in [0.1, 0.15) is 5.76 Å². The van der Waals surface area contributed by atoms with E-state index in [9.17, 15) is 4.79 Å². The molecule has 3 heteroatoms. The molecule has 3 rings (SSSR count). The van der Waals surface area contributed by atoms with E-state index in [1.165, 1.54) is 22.4 Å². The highest BCUT2D eigenvalue weighted by atomic mass is 16.4. The van der Waals surface area contributed by atoms with Crippen molar-refractivity contribution in [3.8, 4) is 0 Å². The normalized spacial score (nSPS) is 12.3. The molecule has 0 aliphatic heterocycles. The van der Waals surface area contributed by atoms with Gasteiger partial charge in [0, 0.05) is 17.8 Å². The summed E-state index contributed by atoms with van der Waals surface area (Å²) in [5, 5.41) is 5.81. The molecule has 1 aromatic heterocycles. The van der Waals surface area contributed by atoms with Crippen LogP contribution in [-0.4, -0.2) is 0 Å². The van der Waals surface area contributed by atoms with Crippen LogP contribution in [0.2, 0.25) is 0 Å². The minimum Gasteiger partial charge on any atom is -0.428 e. The summed E-state index contributed by atoms with van der Waals surface area (Å²) in [7, 11) is 0. The van der Waals surface area contributed by atoms with Crippen molar-refractivity contribution in [3.05, 3.63) is 76.3 Å². The molecule has 0 aliphatic carbocycles. The van der Waals surface area contributed by atoms with Gasteiger partial charge in [0.25, 0.3) is 0 Å². The number of aryl methyl sites for hydroxylation is 1. The van der Waals surface area contributed by atoms with Gasteiger partial charge in [-0.3, -0.25) is 0 Å². The van der Waals surface area contributed by atoms with Crippen molar-refractivity contribution >= 4 is 16.5 Å². The zero-order chi connectivity index (χ0) is 14.8. The van der Waals surface area contributed by atoms with Crippen LogP contribution < -0.4 is 10.9 Å². The number of hydrogen-bond donors (Lipinski definition) is 1. The van der Waals surface area contributed by atoms with Crippen molar-refractivity contribution in [3.63, 3.8) is 0 Å². The Morgan fingerprint density at radius 2 is 1.81 bits per heavy atom. The van der Waals surface area contributed by atoms with Gasteiger partial charge in [-0.1, -0.05) is 42.5 Å². The van der Waals surface area contributed by atoms with Crippen molar-refractivity contribution in [2.24, 2.45) is 0 Å². The lowest BCUT2D eigenvalue weighted by Gasteiger charge is -2.17. The molecule has 2 aromatic carbocycles. The lowest BCUT2D eigenvalue weighted by Crippen LogP contribution is -2.09. The molecular weight excluding hydrogens is 262 g/mol. The molecule has 1 N–H and O–H groups in total. The molecule has 0 unspecified atom stereocenters. The second-order valence-electron chi connectivity index (χ2n) is 5.21. The number of hydrogen-bond acceptors (Lipinski definition) is 3. The first kappa shape index (κ1) is 13.4. The Bertz CT molecular complexity index is 830. The lowest BCUT2D eigenvalue weighted by molar-refractivity contribution is 0.481. The van der Waals surface area contributed by atoms with Gasteiger partial charge < -0.3 is 9.73 Å². The van der Waals surface area contributed by atoms with Crippen LogP contribution in [0.25, 0.3) is 10.8 Å². The molecule has 0 spiro atoms. The molecule has 1 heterocycles. The Morgan fingerprint density at radius 3 is 2.62 bits per heavy atom. The molecule has 0 amide bonds. The molecule has 0 aliphatic rings. The fourth-order valence-electron chi connectivity index (χ4n) is 2.64. The van der Waals surface area contributed by atoms with Crippen molar-refractivity contribution in [2.75, 3.05) is 5.32 Å². The van der Waals surface area contributed by atoms with Gasteiger partial charge in [0.05, 0.1) is 0 Å². The third-order valence-electron chi connectivity index (χ3n) is 3.57. The highest BCUT2D eigenvalue weighted by Crippen LogP contribution is 2.26. The molecule has 0 bridgehead atoms. The van der Waals surface area contributed by atoms with E-state index in [-0.39, 0.29) is 11.7 Å². The fourth-order valence-corrected chi connectivity index (χ4v) is 2.64. The summed E-state index contributed by atoms with van der Waals surface area (Å²) in [4.78, 5) is 11.4. The molecule has 1 atom stereocenters. The summed E-state index contributed by atoms with van der Waals surface area (Å²) >= 11 is 0. The monoisotopic (exact) mass is 279 g/mol. The number of rotatable bonds is 3. The van der Waals surface area contributed by atoms with Crippen LogP contribution in [0.3, 0.4) is 0 Å². The highest BCUT2D eigenvalue weighted by molar-refractivity contribution is 5.86. The smallest absolute Gasteiger partial charge is 0.337 e. The van der Waals surface area contributed by atoms with E-state index in [4.69, 9.17) is 4.42 Å². The summed E-state index contributed by atoms with van der Waals surface area (Å²) in [6, 6.07) is 18.0. The third kappa shape index (κ3) is 2.82. The van der Waals surface area contributed by atoms with Gasteiger partial charge in [-0.2, -0.15) is 0 Å². The molecule has 0 saturated carbocycles. The number of fused-ring (bicyclic) bond motifs is 1. The average molecular weight is 279 g/mol. The molecule has 0 radical (unpaired) electrons.